The maximum Gasteiger partial charge on any atom is 0.281 e. The van der Waals surface area contributed by atoms with E-state index in [4.69, 9.17) is 19.0 Å². The lowest BCUT2D eigenvalue weighted by Gasteiger charge is -2.43. The highest BCUT2D eigenvalue weighted by Crippen LogP contribution is 2.50. The van der Waals surface area contributed by atoms with Gasteiger partial charge in [0.2, 0.25) is 0 Å². The zero-order valence-corrected chi connectivity index (χ0v) is 16.6. The number of hydrogen-bond acceptors (Lipinski definition) is 5. The van der Waals surface area contributed by atoms with Crippen LogP contribution in [0.1, 0.15) is 53.4 Å². The van der Waals surface area contributed by atoms with Gasteiger partial charge in [0.1, 0.15) is 0 Å². The lowest BCUT2D eigenvalue weighted by molar-refractivity contribution is -0.232. The Morgan fingerprint density at radius 3 is 2.44 bits per heavy atom. The molecular formula is C17H31F2N2O3P. The van der Waals surface area contributed by atoms with Crippen molar-refractivity contribution in [3.8, 4) is 6.07 Å². The summed E-state index contributed by atoms with van der Waals surface area (Å²) in [6.45, 7) is 8.99. The summed E-state index contributed by atoms with van der Waals surface area (Å²) in [4.78, 5) is 0. The summed E-state index contributed by atoms with van der Waals surface area (Å²) in [7, 11) is -1.66. The fourth-order valence-corrected chi connectivity index (χ4v) is 4.50. The van der Waals surface area contributed by atoms with E-state index < -0.39 is 32.6 Å². The molecule has 0 aromatic carbocycles. The van der Waals surface area contributed by atoms with Gasteiger partial charge in [0.25, 0.3) is 14.4 Å². The third-order valence-corrected chi connectivity index (χ3v) is 5.82. The molecule has 0 aromatic heterocycles. The van der Waals surface area contributed by atoms with Crippen molar-refractivity contribution in [2.24, 2.45) is 5.92 Å². The summed E-state index contributed by atoms with van der Waals surface area (Å²) in [6, 6.07) is 2.01. The minimum atomic E-state index is -2.97. The Morgan fingerprint density at radius 1 is 1.28 bits per heavy atom. The van der Waals surface area contributed by atoms with Crippen LogP contribution in [0.2, 0.25) is 0 Å². The molecule has 0 aliphatic carbocycles. The van der Waals surface area contributed by atoms with E-state index in [0.717, 1.165) is 12.8 Å². The summed E-state index contributed by atoms with van der Waals surface area (Å²) < 4.78 is 48.7. The predicted molar refractivity (Wildman–Crippen MR) is 94.3 cm³/mol. The van der Waals surface area contributed by atoms with Crippen molar-refractivity contribution in [1.29, 1.82) is 5.26 Å². The summed E-state index contributed by atoms with van der Waals surface area (Å²) in [6.07, 6.45) is 0.422. The number of ether oxygens (including phenoxy) is 1. The first-order valence-electron chi connectivity index (χ1n) is 9.13. The van der Waals surface area contributed by atoms with Gasteiger partial charge < -0.3 is 13.8 Å². The fraction of sp³-hybridized carbons (Fsp3) is 0.941. The van der Waals surface area contributed by atoms with Crippen molar-refractivity contribution in [3.63, 3.8) is 0 Å². The van der Waals surface area contributed by atoms with E-state index in [0.29, 0.717) is 19.5 Å². The second-order valence-corrected chi connectivity index (χ2v) is 7.82. The van der Waals surface area contributed by atoms with Crippen LogP contribution in [-0.2, 0) is 13.8 Å². The number of hydrogen-bond donors (Lipinski definition) is 0. The third-order valence-electron chi connectivity index (χ3n) is 4.15. The SMILES string of the molecule is CCCN(CCC)P(OCCC#N)OC1[C@@H](CC)OC[C@@H](C)C1(F)F. The highest BCUT2D eigenvalue weighted by Gasteiger charge is 2.54. The van der Waals surface area contributed by atoms with E-state index >= 15 is 0 Å². The largest absolute Gasteiger partial charge is 0.375 e. The summed E-state index contributed by atoms with van der Waals surface area (Å²) in [5.41, 5.74) is 0. The van der Waals surface area contributed by atoms with Gasteiger partial charge in [-0.1, -0.05) is 27.7 Å². The van der Waals surface area contributed by atoms with Gasteiger partial charge in [-0.3, -0.25) is 0 Å². The monoisotopic (exact) mass is 380 g/mol. The molecule has 1 fully saturated rings. The van der Waals surface area contributed by atoms with Gasteiger partial charge in [0, 0.05) is 19.0 Å². The van der Waals surface area contributed by atoms with E-state index in [1.807, 2.05) is 31.5 Å². The van der Waals surface area contributed by atoms with E-state index in [1.54, 1.807) is 0 Å². The average molecular weight is 380 g/mol. The summed E-state index contributed by atoms with van der Waals surface area (Å²) >= 11 is 0. The molecule has 0 amide bonds. The first-order chi connectivity index (χ1) is 11.9. The second kappa shape index (κ2) is 11.4. The van der Waals surface area contributed by atoms with Crippen molar-refractivity contribution >= 4 is 8.53 Å². The van der Waals surface area contributed by atoms with Crippen LogP contribution >= 0.6 is 8.53 Å². The van der Waals surface area contributed by atoms with Crippen LogP contribution < -0.4 is 0 Å². The van der Waals surface area contributed by atoms with Gasteiger partial charge in [0.15, 0.2) is 6.10 Å². The number of nitriles is 1. The van der Waals surface area contributed by atoms with Gasteiger partial charge in [-0.15, -0.1) is 0 Å². The first kappa shape index (κ1) is 22.7. The van der Waals surface area contributed by atoms with Crippen LogP contribution in [0.15, 0.2) is 0 Å². The van der Waals surface area contributed by atoms with Crippen LogP contribution in [0.4, 0.5) is 8.78 Å². The van der Waals surface area contributed by atoms with Crippen molar-refractivity contribution < 1.29 is 22.6 Å². The molecule has 1 aliphatic rings. The van der Waals surface area contributed by atoms with Gasteiger partial charge in [-0.05, 0) is 19.3 Å². The second-order valence-electron chi connectivity index (χ2n) is 6.31. The van der Waals surface area contributed by atoms with E-state index in [2.05, 4.69) is 0 Å². The Morgan fingerprint density at radius 2 is 1.92 bits per heavy atom. The molecule has 0 saturated carbocycles. The lowest BCUT2D eigenvalue weighted by atomic mass is 9.91. The fourth-order valence-electron chi connectivity index (χ4n) is 2.70. The lowest BCUT2D eigenvalue weighted by Crippen LogP contribution is -2.55. The summed E-state index contributed by atoms with van der Waals surface area (Å²) in [5, 5.41) is 8.73. The number of alkyl halides is 2. The highest BCUT2D eigenvalue weighted by molar-refractivity contribution is 7.44. The van der Waals surface area contributed by atoms with Crippen molar-refractivity contribution in [2.75, 3.05) is 26.3 Å². The molecule has 2 unspecified atom stereocenters. The molecule has 0 aromatic rings. The molecule has 8 heteroatoms. The number of nitrogens with zero attached hydrogens (tertiary/aromatic N) is 2. The van der Waals surface area contributed by atoms with Gasteiger partial charge in [0.05, 0.1) is 31.8 Å². The van der Waals surface area contributed by atoms with Crippen molar-refractivity contribution in [3.05, 3.63) is 0 Å². The van der Waals surface area contributed by atoms with Crippen molar-refractivity contribution in [1.82, 2.24) is 4.67 Å². The van der Waals surface area contributed by atoms with Crippen LogP contribution in [0, 0.1) is 17.2 Å². The molecule has 0 N–H and O–H groups in total. The molecule has 0 radical (unpaired) electrons. The molecule has 25 heavy (non-hydrogen) atoms. The average Bonchev–Trinajstić information content (AvgIpc) is 2.58. The molecule has 1 aliphatic heterocycles. The zero-order valence-electron chi connectivity index (χ0n) is 15.7. The zero-order chi connectivity index (χ0) is 18.9. The Kier molecular flexibility index (Phi) is 10.3. The molecule has 0 spiro atoms. The first-order valence-corrected chi connectivity index (χ1v) is 10.3. The minimum Gasteiger partial charge on any atom is -0.375 e. The molecule has 146 valence electrons. The Balaban J connectivity index is 2.96. The van der Waals surface area contributed by atoms with Gasteiger partial charge >= 0.3 is 0 Å². The Bertz CT molecular complexity index is 417. The van der Waals surface area contributed by atoms with E-state index in [1.165, 1.54) is 6.92 Å². The van der Waals surface area contributed by atoms with Crippen LogP contribution in [0.5, 0.6) is 0 Å². The van der Waals surface area contributed by atoms with Crippen LogP contribution in [0.25, 0.3) is 0 Å². The Labute approximate surface area is 151 Å². The number of halogens is 2. The third kappa shape index (κ3) is 6.37. The van der Waals surface area contributed by atoms with Crippen LogP contribution in [0.3, 0.4) is 0 Å². The molecule has 5 nitrogen and oxygen atoms in total. The maximum absolute atomic E-state index is 14.8. The van der Waals surface area contributed by atoms with Gasteiger partial charge in [-0.2, -0.15) is 5.26 Å². The van der Waals surface area contributed by atoms with Gasteiger partial charge in [-0.25, -0.2) is 13.5 Å². The van der Waals surface area contributed by atoms with Crippen molar-refractivity contribution in [2.45, 2.75) is 71.5 Å². The van der Waals surface area contributed by atoms with E-state index in [-0.39, 0.29) is 19.6 Å². The number of rotatable bonds is 11. The van der Waals surface area contributed by atoms with Crippen LogP contribution in [-0.4, -0.2) is 49.1 Å². The molecule has 1 heterocycles. The molecule has 0 bridgehead atoms. The standard InChI is InChI=1S/C17H31F2N2O3P/c1-5-10-21(11-6-2)25(23-12-8-9-20)24-16-15(7-3)22-13-14(4)17(16,18)19/h14-16H,5-8,10-13H2,1-4H3/t14-,15-,16?,25?/m1/s1. The highest BCUT2D eigenvalue weighted by atomic mass is 31.2. The molecule has 1 rings (SSSR count). The maximum atomic E-state index is 14.8. The normalized spacial score (nSPS) is 27.2. The quantitative estimate of drug-likeness (QED) is 0.383. The van der Waals surface area contributed by atoms with E-state index in [9.17, 15) is 8.78 Å². The Hall–Kier alpha value is -0.380. The summed E-state index contributed by atoms with van der Waals surface area (Å²) in [5.74, 6) is -3.87. The predicted octanol–water partition coefficient (Wildman–Crippen LogP) is 4.73. The molecular weight excluding hydrogens is 349 g/mol. The molecule has 1 saturated heterocycles. The smallest absolute Gasteiger partial charge is 0.281 e. The molecule has 4 atom stereocenters. The minimum absolute atomic E-state index is 0.0339. The topological polar surface area (TPSA) is 54.7 Å².